The quantitative estimate of drug-likeness (QED) is 0.503. The number of hydrogen-bond acceptors (Lipinski definition) is 5. The largest absolute Gasteiger partial charge is 0.381 e. The van der Waals surface area contributed by atoms with Crippen LogP contribution in [-0.4, -0.2) is 26.7 Å². The van der Waals surface area contributed by atoms with Crippen molar-refractivity contribution in [1.29, 1.82) is 0 Å². The van der Waals surface area contributed by atoms with Gasteiger partial charge in [-0.3, -0.25) is 9.59 Å². The Balaban J connectivity index is 1.57. The topological polar surface area (TPSA) is 103 Å². The maximum Gasteiger partial charge on any atom is 0.233 e. The van der Waals surface area contributed by atoms with Crippen LogP contribution in [0.4, 0.5) is 11.6 Å². The fourth-order valence-electron chi connectivity index (χ4n) is 2.50. The number of nitrogens with one attached hydrogen (secondary N) is 1. The molecule has 1 aromatic heterocycles. The number of rotatable bonds is 7. The van der Waals surface area contributed by atoms with Gasteiger partial charge in [-0.05, 0) is 12.0 Å². The number of nitrogens with two attached hydrogens (primary N) is 1. The number of hydrogen-bond donors (Lipinski definition) is 2. The van der Waals surface area contributed by atoms with E-state index in [1.54, 1.807) is 24.3 Å². The van der Waals surface area contributed by atoms with Crippen LogP contribution in [0.15, 0.2) is 60.7 Å². The van der Waals surface area contributed by atoms with Gasteiger partial charge in [-0.1, -0.05) is 65.9 Å². The van der Waals surface area contributed by atoms with E-state index in [2.05, 4.69) is 15.6 Å². The van der Waals surface area contributed by atoms with Crippen LogP contribution in [0, 0.1) is 0 Å². The van der Waals surface area contributed by atoms with E-state index in [1.165, 1.54) is 4.68 Å². The van der Waals surface area contributed by atoms with E-state index in [-0.39, 0.29) is 23.8 Å². The first-order valence-corrected chi connectivity index (χ1v) is 8.24. The van der Waals surface area contributed by atoms with E-state index in [4.69, 9.17) is 5.73 Å². The van der Waals surface area contributed by atoms with Gasteiger partial charge in [0.2, 0.25) is 5.91 Å². The number of Topliss-reactive ketones (excluding diaryl/α,β-unsaturated/α-hetero) is 1. The van der Waals surface area contributed by atoms with Crippen molar-refractivity contribution >= 4 is 23.3 Å². The van der Waals surface area contributed by atoms with Gasteiger partial charge in [0.15, 0.2) is 17.4 Å². The summed E-state index contributed by atoms with van der Waals surface area (Å²) in [6, 6.07) is 18.6. The molecule has 7 nitrogen and oxygen atoms in total. The fourth-order valence-corrected chi connectivity index (χ4v) is 2.50. The van der Waals surface area contributed by atoms with E-state index in [9.17, 15) is 9.59 Å². The third kappa shape index (κ3) is 4.32. The van der Waals surface area contributed by atoms with E-state index in [0.717, 1.165) is 12.0 Å². The Bertz CT molecular complexity index is 891. The summed E-state index contributed by atoms with van der Waals surface area (Å²) in [6.07, 6.45) is 0.467. The molecule has 1 heterocycles. The second kappa shape index (κ2) is 8.06. The summed E-state index contributed by atoms with van der Waals surface area (Å²) in [6.45, 7) is 0.543. The first kappa shape index (κ1) is 17.3. The summed E-state index contributed by atoms with van der Waals surface area (Å²) >= 11 is 0. The SMILES string of the molecule is Nc1c(NC(=O)CC(=O)c2ccccc2)nnn1CCc1ccccc1. The van der Waals surface area contributed by atoms with Crippen LogP contribution in [0.1, 0.15) is 22.3 Å². The van der Waals surface area contributed by atoms with Crippen LogP contribution in [0.2, 0.25) is 0 Å². The second-order valence-corrected chi connectivity index (χ2v) is 5.80. The first-order valence-electron chi connectivity index (χ1n) is 8.24. The molecular formula is C19H19N5O2. The number of aryl methyl sites for hydroxylation is 2. The lowest BCUT2D eigenvalue weighted by atomic mass is 10.1. The van der Waals surface area contributed by atoms with E-state index in [1.807, 2.05) is 36.4 Å². The number of aromatic nitrogens is 3. The molecular weight excluding hydrogens is 330 g/mol. The standard InChI is InChI=1S/C19H19N5O2/c20-18-19(21-17(26)13-16(25)15-9-5-2-6-10-15)22-23-24(18)12-11-14-7-3-1-4-8-14/h1-10H,11-13,20H2,(H,21,26). The summed E-state index contributed by atoms with van der Waals surface area (Å²) in [5.41, 5.74) is 7.64. The molecule has 0 bridgehead atoms. The molecule has 3 aromatic rings. The molecule has 3 rings (SSSR count). The lowest BCUT2D eigenvalue weighted by Gasteiger charge is -2.05. The lowest BCUT2D eigenvalue weighted by molar-refractivity contribution is -0.115. The zero-order chi connectivity index (χ0) is 18.4. The van der Waals surface area contributed by atoms with Gasteiger partial charge in [-0.2, -0.15) is 0 Å². The number of carbonyl (C=O) groups is 2. The molecule has 0 radical (unpaired) electrons. The van der Waals surface area contributed by atoms with Crippen molar-refractivity contribution in [2.75, 3.05) is 11.1 Å². The normalized spacial score (nSPS) is 10.5. The van der Waals surface area contributed by atoms with Crippen LogP contribution in [0.25, 0.3) is 0 Å². The number of nitrogens with zero attached hydrogens (tertiary/aromatic N) is 3. The van der Waals surface area contributed by atoms with Crippen molar-refractivity contribution < 1.29 is 9.59 Å². The van der Waals surface area contributed by atoms with Gasteiger partial charge in [-0.25, -0.2) is 4.68 Å². The third-order valence-corrected chi connectivity index (χ3v) is 3.90. The number of amides is 1. The number of ketones is 1. The molecule has 0 atom stereocenters. The maximum atomic E-state index is 12.1. The molecule has 3 N–H and O–H groups in total. The van der Waals surface area contributed by atoms with Gasteiger partial charge in [-0.15, -0.1) is 5.10 Å². The Labute approximate surface area is 150 Å². The number of carbonyl (C=O) groups excluding carboxylic acids is 2. The summed E-state index contributed by atoms with van der Waals surface area (Å²) in [7, 11) is 0. The van der Waals surface area contributed by atoms with Gasteiger partial charge >= 0.3 is 0 Å². The van der Waals surface area contributed by atoms with E-state index >= 15 is 0 Å². The number of benzene rings is 2. The highest BCUT2D eigenvalue weighted by atomic mass is 16.2. The average Bonchev–Trinajstić information content (AvgIpc) is 3.01. The van der Waals surface area contributed by atoms with Gasteiger partial charge in [0.05, 0.1) is 6.42 Å². The smallest absolute Gasteiger partial charge is 0.233 e. The van der Waals surface area contributed by atoms with E-state index < -0.39 is 5.91 Å². The molecule has 1 amide bonds. The molecule has 0 saturated heterocycles. The summed E-state index contributed by atoms with van der Waals surface area (Å²) in [4.78, 5) is 24.1. The van der Waals surface area contributed by atoms with E-state index in [0.29, 0.717) is 12.1 Å². The van der Waals surface area contributed by atoms with Crippen LogP contribution in [-0.2, 0) is 17.8 Å². The van der Waals surface area contributed by atoms with Gasteiger partial charge in [0.25, 0.3) is 0 Å². The minimum absolute atomic E-state index is 0.170. The number of nitrogen functional groups attached to an aromatic ring is 1. The zero-order valence-corrected chi connectivity index (χ0v) is 14.1. The maximum absolute atomic E-state index is 12.1. The number of anilines is 2. The van der Waals surface area contributed by atoms with Gasteiger partial charge < -0.3 is 11.1 Å². The molecule has 0 fully saturated rings. The molecule has 132 valence electrons. The highest BCUT2D eigenvalue weighted by Crippen LogP contribution is 2.15. The molecule has 2 aromatic carbocycles. The highest BCUT2D eigenvalue weighted by molar-refractivity contribution is 6.11. The summed E-state index contributed by atoms with van der Waals surface area (Å²) in [5.74, 6) is -0.302. The molecule has 0 aliphatic heterocycles. The summed E-state index contributed by atoms with van der Waals surface area (Å²) < 4.78 is 1.53. The van der Waals surface area contributed by atoms with Crippen molar-refractivity contribution in [1.82, 2.24) is 15.0 Å². The molecule has 0 saturated carbocycles. The zero-order valence-electron chi connectivity index (χ0n) is 14.1. The Kier molecular flexibility index (Phi) is 5.38. The third-order valence-electron chi connectivity index (χ3n) is 3.90. The Morgan fingerprint density at radius 3 is 2.35 bits per heavy atom. The molecule has 0 spiro atoms. The van der Waals surface area contributed by atoms with Crippen LogP contribution >= 0.6 is 0 Å². The highest BCUT2D eigenvalue weighted by Gasteiger charge is 2.16. The molecule has 0 unspecified atom stereocenters. The molecule has 7 heteroatoms. The van der Waals surface area contributed by atoms with Crippen LogP contribution in [0.5, 0.6) is 0 Å². The minimum Gasteiger partial charge on any atom is -0.381 e. The Hall–Kier alpha value is -3.48. The first-order chi connectivity index (χ1) is 12.6. The predicted octanol–water partition coefficient (Wildman–Crippen LogP) is 2.31. The second-order valence-electron chi connectivity index (χ2n) is 5.80. The van der Waals surface area contributed by atoms with Crippen molar-refractivity contribution in [3.63, 3.8) is 0 Å². The van der Waals surface area contributed by atoms with Crippen LogP contribution < -0.4 is 11.1 Å². The molecule has 26 heavy (non-hydrogen) atoms. The van der Waals surface area contributed by atoms with Crippen molar-refractivity contribution in [3.05, 3.63) is 71.8 Å². The Morgan fingerprint density at radius 1 is 1.00 bits per heavy atom. The minimum atomic E-state index is -0.472. The monoisotopic (exact) mass is 349 g/mol. The van der Waals surface area contributed by atoms with Gasteiger partial charge in [0.1, 0.15) is 0 Å². The summed E-state index contributed by atoms with van der Waals surface area (Å²) in [5, 5.41) is 10.4. The van der Waals surface area contributed by atoms with Crippen molar-refractivity contribution in [3.8, 4) is 0 Å². The van der Waals surface area contributed by atoms with Crippen molar-refractivity contribution in [2.45, 2.75) is 19.4 Å². The Morgan fingerprint density at radius 2 is 1.65 bits per heavy atom. The predicted molar refractivity (Wildman–Crippen MR) is 98.6 cm³/mol. The van der Waals surface area contributed by atoms with Gasteiger partial charge in [0, 0.05) is 12.1 Å². The molecule has 0 aliphatic rings. The van der Waals surface area contributed by atoms with Crippen molar-refractivity contribution in [2.24, 2.45) is 0 Å². The van der Waals surface area contributed by atoms with Crippen LogP contribution in [0.3, 0.4) is 0 Å². The molecule has 0 aliphatic carbocycles. The fraction of sp³-hybridized carbons (Fsp3) is 0.158. The lowest BCUT2D eigenvalue weighted by Crippen LogP contribution is -2.18. The average molecular weight is 349 g/mol.